The van der Waals surface area contributed by atoms with Crippen LogP contribution in [-0.2, 0) is 29.0 Å². The molecule has 0 bridgehead atoms. The van der Waals surface area contributed by atoms with Gasteiger partial charge in [-0.3, -0.25) is 0 Å². The summed E-state index contributed by atoms with van der Waals surface area (Å²) in [6, 6.07) is 14.2. The molecule has 0 aliphatic heterocycles. The first-order valence-electron chi connectivity index (χ1n) is 9.48. The molecule has 0 amide bonds. The predicted octanol–water partition coefficient (Wildman–Crippen LogP) is 4.73. The van der Waals surface area contributed by atoms with Gasteiger partial charge in [-0.1, -0.05) is 30.3 Å². The SMILES string of the molecule is O=C(O)COc1ccc(SCCCOCc2ccccc2)c2c1CCCC2. The fourth-order valence-corrected chi connectivity index (χ4v) is 4.36. The summed E-state index contributed by atoms with van der Waals surface area (Å²) >= 11 is 1.86. The van der Waals surface area contributed by atoms with Crippen molar-refractivity contribution < 1.29 is 19.4 Å². The quantitative estimate of drug-likeness (QED) is 0.473. The summed E-state index contributed by atoms with van der Waals surface area (Å²) in [5, 5.41) is 8.85. The molecule has 4 nitrogen and oxygen atoms in total. The molecule has 2 aromatic rings. The molecule has 5 heteroatoms. The van der Waals surface area contributed by atoms with E-state index in [0.717, 1.165) is 43.8 Å². The lowest BCUT2D eigenvalue weighted by molar-refractivity contribution is -0.139. The average Bonchev–Trinajstić information content (AvgIpc) is 2.70. The standard InChI is InChI=1S/C22H26O4S/c23-22(24)16-26-20-11-12-21(19-10-5-4-9-18(19)20)27-14-6-13-25-15-17-7-2-1-3-8-17/h1-3,7-8,11-12H,4-6,9-10,13-16H2,(H,23,24). The molecule has 0 saturated carbocycles. The van der Waals surface area contributed by atoms with Gasteiger partial charge in [-0.05, 0) is 60.9 Å². The van der Waals surface area contributed by atoms with Gasteiger partial charge in [-0.25, -0.2) is 4.79 Å². The average molecular weight is 387 g/mol. The third-order valence-corrected chi connectivity index (χ3v) is 5.79. The minimum Gasteiger partial charge on any atom is -0.482 e. The van der Waals surface area contributed by atoms with Gasteiger partial charge in [0.25, 0.3) is 0 Å². The molecule has 0 unspecified atom stereocenters. The Hall–Kier alpha value is -1.98. The van der Waals surface area contributed by atoms with Crippen LogP contribution in [0.4, 0.5) is 0 Å². The van der Waals surface area contributed by atoms with Crippen molar-refractivity contribution in [2.75, 3.05) is 19.0 Å². The Morgan fingerprint density at radius 3 is 2.59 bits per heavy atom. The fraction of sp³-hybridized carbons (Fsp3) is 0.409. The minimum atomic E-state index is -0.937. The number of fused-ring (bicyclic) bond motifs is 1. The molecular weight excluding hydrogens is 360 g/mol. The lowest BCUT2D eigenvalue weighted by Gasteiger charge is -2.22. The maximum absolute atomic E-state index is 10.8. The van der Waals surface area contributed by atoms with Gasteiger partial charge in [0.1, 0.15) is 5.75 Å². The van der Waals surface area contributed by atoms with Gasteiger partial charge in [0.2, 0.25) is 0 Å². The molecular formula is C22H26O4S. The minimum absolute atomic E-state index is 0.280. The summed E-state index contributed by atoms with van der Waals surface area (Å²) < 4.78 is 11.2. The van der Waals surface area contributed by atoms with E-state index in [1.54, 1.807) is 0 Å². The molecule has 1 aliphatic carbocycles. The second-order valence-corrected chi connectivity index (χ2v) is 7.79. The number of benzene rings is 2. The van der Waals surface area contributed by atoms with Gasteiger partial charge in [-0.15, -0.1) is 11.8 Å². The van der Waals surface area contributed by atoms with E-state index in [4.69, 9.17) is 14.6 Å². The lowest BCUT2D eigenvalue weighted by Crippen LogP contribution is -2.13. The van der Waals surface area contributed by atoms with Gasteiger partial charge < -0.3 is 14.6 Å². The fourth-order valence-electron chi connectivity index (χ4n) is 3.32. The van der Waals surface area contributed by atoms with Crippen LogP contribution in [0.5, 0.6) is 5.75 Å². The van der Waals surface area contributed by atoms with E-state index in [2.05, 4.69) is 18.2 Å². The summed E-state index contributed by atoms with van der Waals surface area (Å²) in [4.78, 5) is 12.1. The zero-order valence-electron chi connectivity index (χ0n) is 15.5. The van der Waals surface area contributed by atoms with E-state index >= 15 is 0 Å². The molecule has 0 aromatic heterocycles. The van der Waals surface area contributed by atoms with Crippen molar-refractivity contribution in [1.82, 2.24) is 0 Å². The molecule has 0 saturated heterocycles. The Kier molecular flexibility index (Phi) is 7.60. The van der Waals surface area contributed by atoms with Crippen LogP contribution in [0.1, 0.15) is 36.0 Å². The molecule has 0 atom stereocenters. The summed E-state index contributed by atoms with van der Waals surface area (Å²) in [6.07, 6.45) is 5.34. The number of carboxylic acids is 1. The lowest BCUT2D eigenvalue weighted by atomic mass is 9.91. The first-order valence-corrected chi connectivity index (χ1v) is 10.5. The maximum atomic E-state index is 10.8. The Morgan fingerprint density at radius 1 is 1.04 bits per heavy atom. The highest BCUT2D eigenvalue weighted by Crippen LogP contribution is 2.36. The molecule has 0 heterocycles. The van der Waals surface area contributed by atoms with Crippen molar-refractivity contribution in [1.29, 1.82) is 0 Å². The highest BCUT2D eigenvalue weighted by molar-refractivity contribution is 7.99. The van der Waals surface area contributed by atoms with E-state index < -0.39 is 5.97 Å². The van der Waals surface area contributed by atoms with Crippen LogP contribution >= 0.6 is 11.8 Å². The number of carbonyl (C=O) groups is 1. The van der Waals surface area contributed by atoms with Crippen LogP contribution < -0.4 is 4.74 Å². The largest absolute Gasteiger partial charge is 0.482 e. The Balaban J connectivity index is 1.49. The van der Waals surface area contributed by atoms with Crippen molar-refractivity contribution in [2.24, 2.45) is 0 Å². The molecule has 0 spiro atoms. The first-order chi connectivity index (χ1) is 13.2. The Labute approximate surface area is 164 Å². The second kappa shape index (κ2) is 10.4. The summed E-state index contributed by atoms with van der Waals surface area (Å²) in [5.41, 5.74) is 3.75. The molecule has 0 radical (unpaired) electrons. The normalized spacial score (nSPS) is 13.2. The van der Waals surface area contributed by atoms with E-state index in [1.807, 2.05) is 36.0 Å². The van der Waals surface area contributed by atoms with Gasteiger partial charge in [0.15, 0.2) is 6.61 Å². The van der Waals surface area contributed by atoms with Gasteiger partial charge in [0.05, 0.1) is 6.61 Å². The van der Waals surface area contributed by atoms with E-state index in [1.165, 1.54) is 28.0 Å². The van der Waals surface area contributed by atoms with Crippen LogP contribution in [0, 0.1) is 0 Å². The van der Waals surface area contributed by atoms with Gasteiger partial charge >= 0.3 is 5.97 Å². The van der Waals surface area contributed by atoms with E-state index in [0.29, 0.717) is 6.61 Å². The third kappa shape index (κ3) is 6.01. The molecule has 2 aromatic carbocycles. The van der Waals surface area contributed by atoms with Crippen LogP contribution in [0.15, 0.2) is 47.4 Å². The van der Waals surface area contributed by atoms with Crippen molar-refractivity contribution in [3.8, 4) is 5.75 Å². The zero-order valence-corrected chi connectivity index (χ0v) is 16.3. The third-order valence-electron chi connectivity index (χ3n) is 4.60. The summed E-state index contributed by atoms with van der Waals surface area (Å²) in [5.74, 6) is 0.812. The monoisotopic (exact) mass is 386 g/mol. The molecule has 0 fully saturated rings. The van der Waals surface area contributed by atoms with Gasteiger partial charge in [-0.2, -0.15) is 0 Å². The Morgan fingerprint density at radius 2 is 1.81 bits per heavy atom. The van der Waals surface area contributed by atoms with Crippen molar-refractivity contribution in [3.05, 3.63) is 59.2 Å². The number of hydrogen-bond donors (Lipinski definition) is 1. The molecule has 27 heavy (non-hydrogen) atoms. The van der Waals surface area contributed by atoms with Crippen LogP contribution in [-0.4, -0.2) is 30.0 Å². The van der Waals surface area contributed by atoms with Crippen LogP contribution in [0.25, 0.3) is 0 Å². The Bertz CT molecular complexity index is 745. The predicted molar refractivity (Wildman–Crippen MR) is 108 cm³/mol. The highest BCUT2D eigenvalue weighted by Gasteiger charge is 2.18. The number of hydrogen-bond acceptors (Lipinski definition) is 4. The van der Waals surface area contributed by atoms with Crippen LogP contribution in [0.2, 0.25) is 0 Å². The number of ether oxygens (including phenoxy) is 2. The first kappa shape index (κ1) is 19.8. The maximum Gasteiger partial charge on any atom is 0.341 e. The number of thioether (sulfide) groups is 1. The smallest absolute Gasteiger partial charge is 0.341 e. The molecule has 1 N–H and O–H groups in total. The molecule has 3 rings (SSSR count). The highest BCUT2D eigenvalue weighted by atomic mass is 32.2. The van der Waals surface area contributed by atoms with Crippen molar-refractivity contribution in [3.63, 3.8) is 0 Å². The van der Waals surface area contributed by atoms with Gasteiger partial charge in [0, 0.05) is 17.3 Å². The summed E-state index contributed by atoms with van der Waals surface area (Å²) in [6.45, 7) is 1.14. The van der Waals surface area contributed by atoms with Crippen molar-refractivity contribution in [2.45, 2.75) is 43.6 Å². The topological polar surface area (TPSA) is 55.8 Å². The number of aliphatic carboxylic acids is 1. The number of carboxylic acid groups (broad SMARTS) is 1. The van der Waals surface area contributed by atoms with Crippen molar-refractivity contribution >= 4 is 17.7 Å². The second-order valence-electron chi connectivity index (χ2n) is 6.65. The molecule has 1 aliphatic rings. The number of rotatable bonds is 10. The van der Waals surface area contributed by atoms with Crippen LogP contribution in [0.3, 0.4) is 0 Å². The summed E-state index contributed by atoms with van der Waals surface area (Å²) in [7, 11) is 0. The molecule has 144 valence electrons. The zero-order chi connectivity index (χ0) is 18.9. The van der Waals surface area contributed by atoms with E-state index in [9.17, 15) is 4.79 Å². The van der Waals surface area contributed by atoms with E-state index in [-0.39, 0.29) is 6.61 Å².